The summed E-state index contributed by atoms with van der Waals surface area (Å²) in [6.07, 6.45) is 2.45. The van der Waals surface area contributed by atoms with Crippen LogP contribution in [-0.4, -0.2) is 120 Å². The first-order valence-corrected chi connectivity index (χ1v) is 15.5. The lowest BCUT2D eigenvalue weighted by molar-refractivity contribution is -0.146. The van der Waals surface area contributed by atoms with E-state index < -0.39 is 22.1 Å². The molecule has 0 spiro atoms. The SMILES string of the molecule is CN(C)CCN(C)C(=O)C(CC(=O)C(C)(C)C)N(C)C(=O)CCCCCSC1CC(=O)N(CC(=O)C(C)(C)C)C1=O. The predicted molar refractivity (Wildman–Crippen MR) is 162 cm³/mol. The summed E-state index contributed by atoms with van der Waals surface area (Å²) in [6.45, 7) is 11.7. The Kier molecular flexibility index (Phi) is 14.2. The van der Waals surface area contributed by atoms with E-state index in [2.05, 4.69) is 0 Å². The normalized spacial score (nSPS) is 16.8. The minimum atomic E-state index is -0.851. The predicted octanol–water partition coefficient (Wildman–Crippen LogP) is 2.88. The van der Waals surface area contributed by atoms with Crippen LogP contribution in [0.2, 0.25) is 0 Å². The molecule has 4 amide bonds. The van der Waals surface area contributed by atoms with Crippen molar-refractivity contribution in [1.82, 2.24) is 19.6 Å². The van der Waals surface area contributed by atoms with Crippen LogP contribution in [0.25, 0.3) is 0 Å². The highest BCUT2D eigenvalue weighted by atomic mass is 32.2. The molecule has 1 fully saturated rings. The number of imide groups is 1. The van der Waals surface area contributed by atoms with E-state index in [0.717, 1.165) is 17.7 Å². The number of nitrogens with zero attached hydrogens (tertiary/aromatic N) is 4. The summed E-state index contributed by atoms with van der Waals surface area (Å²) in [7, 11) is 7.13. The monoisotopic (exact) mass is 596 g/mol. The van der Waals surface area contributed by atoms with Crippen LogP contribution < -0.4 is 0 Å². The van der Waals surface area contributed by atoms with Gasteiger partial charge in [0.1, 0.15) is 11.8 Å². The summed E-state index contributed by atoms with van der Waals surface area (Å²) >= 11 is 1.42. The first-order valence-electron chi connectivity index (χ1n) is 14.4. The number of amides is 4. The standard InChI is InChI=1S/C30H52N4O6S/c1-29(2,3)23(35)18-21(27(39)32(9)16-15-31(7)8)33(10)25(37)14-12-11-13-17-41-22-19-26(38)34(28(22)40)20-24(36)30(4,5)6/h21-22H,11-20H2,1-10H3. The molecule has 0 bridgehead atoms. The van der Waals surface area contributed by atoms with E-state index in [0.29, 0.717) is 25.3 Å². The lowest BCUT2D eigenvalue weighted by Crippen LogP contribution is -2.51. The molecular formula is C30H52N4O6S. The molecule has 41 heavy (non-hydrogen) atoms. The van der Waals surface area contributed by atoms with E-state index in [-0.39, 0.29) is 61.0 Å². The topological polar surface area (TPSA) is 115 Å². The van der Waals surface area contributed by atoms with Gasteiger partial charge in [0.15, 0.2) is 5.78 Å². The van der Waals surface area contributed by atoms with Crippen LogP contribution in [0.3, 0.4) is 0 Å². The fourth-order valence-electron chi connectivity index (χ4n) is 4.05. The van der Waals surface area contributed by atoms with Gasteiger partial charge in [0.25, 0.3) is 0 Å². The largest absolute Gasteiger partial charge is 0.343 e. The number of rotatable bonds is 16. The van der Waals surface area contributed by atoms with E-state index in [9.17, 15) is 28.8 Å². The molecular weight excluding hydrogens is 544 g/mol. The quantitative estimate of drug-likeness (QED) is 0.197. The lowest BCUT2D eigenvalue weighted by Gasteiger charge is -2.32. The van der Waals surface area contributed by atoms with Gasteiger partial charge in [-0.1, -0.05) is 48.0 Å². The molecule has 10 nitrogen and oxygen atoms in total. The van der Waals surface area contributed by atoms with Crippen molar-refractivity contribution in [1.29, 1.82) is 0 Å². The molecule has 1 heterocycles. The molecule has 0 aromatic rings. The van der Waals surface area contributed by atoms with Crippen LogP contribution in [0.4, 0.5) is 0 Å². The molecule has 0 N–H and O–H groups in total. The van der Waals surface area contributed by atoms with Crippen LogP contribution in [-0.2, 0) is 28.8 Å². The van der Waals surface area contributed by atoms with Gasteiger partial charge in [-0.05, 0) is 32.7 Å². The van der Waals surface area contributed by atoms with Gasteiger partial charge in [0, 0.05) is 57.3 Å². The second-order valence-corrected chi connectivity index (χ2v) is 14.6. The number of unbranched alkanes of at least 4 members (excludes halogenated alkanes) is 2. The molecule has 0 radical (unpaired) electrons. The zero-order valence-electron chi connectivity index (χ0n) is 26.9. The summed E-state index contributed by atoms with van der Waals surface area (Å²) in [6, 6.07) is -0.851. The fraction of sp³-hybridized carbons (Fsp3) is 0.800. The van der Waals surface area contributed by atoms with Crippen molar-refractivity contribution in [2.24, 2.45) is 10.8 Å². The highest BCUT2D eigenvalue weighted by Crippen LogP contribution is 2.27. The molecule has 0 aliphatic carbocycles. The average Bonchev–Trinajstić information content (AvgIpc) is 3.12. The first kappa shape index (κ1) is 36.8. The smallest absolute Gasteiger partial charge is 0.245 e. The molecule has 1 aliphatic heterocycles. The second-order valence-electron chi connectivity index (χ2n) is 13.3. The van der Waals surface area contributed by atoms with E-state index in [1.165, 1.54) is 16.7 Å². The molecule has 234 valence electrons. The Labute approximate surface area is 250 Å². The number of hydrogen-bond acceptors (Lipinski definition) is 8. The van der Waals surface area contributed by atoms with Gasteiger partial charge in [-0.25, -0.2) is 0 Å². The maximum Gasteiger partial charge on any atom is 0.245 e. The van der Waals surface area contributed by atoms with Crippen LogP contribution in [0.5, 0.6) is 0 Å². The van der Waals surface area contributed by atoms with Gasteiger partial charge in [-0.3, -0.25) is 33.7 Å². The number of ketones is 2. The summed E-state index contributed by atoms with van der Waals surface area (Å²) in [5.41, 5.74) is -1.23. The number of carbonyl (C=O) groups excluding carboxylic acids is 6. The number of Topliss-reactive ketones (excluding diaryl/α,β-unsaturated/α-hetero) is 2. The number of thioether (sulfide) groups is 1. The Balaban J connectivity index is 2.60. The van der Waals surface area contributed by atoms with Crippen molar-refractivity contribution in [2.75, 3.05) is 53.6 Å². The number of carbonyl (C=O) groups is 6. The van der Waals surface area contributed by atoms with Crippen LogP contribution in [0.15, 0.2) is 0 Å². The third-order valence-corrected chi connectivity index (χ3v) is 8.61. The van der Waals surface area contributed by atoms with E-state index >= 15 is 0 Å². The Morgan fingerprint density at radius 1 is 0.878 bits per heavy atom. The number of likely N-dealkylation sites (tertiary alicyclic amines) is 1. The molecule has 1 aliphatic rings. The van der Waals surface area contributed by atoms with Gasteiger partial charge >= 0.3 is 0 Å². The maximum absolute atomic E-state index is 13.3. The van der Waals surface area contributed by atoms with Crippen molar-refractivity contribution >= 4 is 47.0 Å². The zero-order chi connectivity index (χ0) is 31.7. The summed E-state index contributed by atoms with van der Waals surface area (Å²) in [5, 5.41) is -0.473. The third kappa shape index (κ3) is 11.9. The summed E-state index contributed by atoms with van der Waals surface area (Å²) in [5.74, 6) is -0.598. The van der Waals surface area contributed by atoms with E-state index in [4.69, 9.17) is 0 Å². The minimum absolute atomic E-state index is 0.0278. The Morgan fingerprint density at radius 3 is 2.00 bits per heavy atom. The highest BCUT2D eigenvalue weighted by Gasteiger charge is 2.41. The fourth-order valence-corrected chi connectivity index (χ4v) is 5.23. The molecule has 1 rings (SSSR count). The average molecular weight is 597 g/mol. The number of hydrogen-bond donors (Lipinski definition) is 0. The molecule has 1 saturated heterocycles. The lowest BCUT2D eigenvalue weighted by atomic mass is 9.86. The van der Waals surface area contributed by atoms with Crippen molar-refractivity contribution in [3.8, 4) is 0 Å². The molecule has 11 heteroatoms. The van der Waals surface area contributed by atoms with Gasteiger partial charge in [0.2, 0.25) is 23.6 Å². The van der Waals surface area contributed by atoms with Gasteiger partial charge < -0.3 is 14.7 Å². The van der Waals surface area contributed by atoms with Crippen LogP contribution >= 0.6 is 11.8 Å². The first-order chi connectivity index (χ1) is 18.8. The molecule has 0 aromatic heterocycles. The third-order valence-electron chi connectivity index (χ3n) is 7.31. The summed E-state index contributed by atoms with van der Waals surface area (Å²) in [4.78, 5) is 82.4. The van der Waals surface area contributed by atoms with Crippen LogP contribution in [0.1, 0.15) is 80.1 Å². The minimum Gasteiger partial charge on any atom is -0.343 e. The van der Waals surface area contributed by atoms with Crippen molar-refractivity contribution in [2.45, 2.75) is 91.4 Å². The van der Waals surface area contributed by atoms with E-state index in [1.807, 2.05) is 39.8 Å². The second kappa shape index (κ2) is 15.8. The zero-order valence-corrected chi connectivity index (χ0v) is 27.7. The van der Waals surface area contributed by atoms with E-state index in [1.54, 1.807) is 39.8 Å². The Hall–Kier alpha value is -2.27. The van der Waals surface area contributed by atoms with Gasteiger partial charge in [-0.2, -0.15) is 0 Å². The molecule has 0 saturated carbocycles. The van der Waals surface area contributed by atoms with Gasteiger partial charge in [-0.15, -0.1) is 11.8 Å². The highest BCUT2D eigenvalue weighted by molar-refractivity contribution is 8.00. The molecule has 2 unspecified atom stereocenters. The Bertz CT molecular complexity index is 969. The van der Waals surface area contributed by atoms with Crippen molar-refractivity contribution in [3.63, 3.8) is 0 Å². The van der Waals surface area contributed by atoms with Gasteiger partial charge in [0.05, 0.1) is 11.8 Å². The summed E-state index contributed by atoms with van der Waals surface area (Å²) < 4.78 is 0. The maximum atomic E-state index is 13.3. The van der Waals surface area contributed by atoms with Crippen molar-refractivity contribution < 1.29 is 28.8 Å². The Morgan fingerprint density at radius 2 is 1.46 bits per heavy atom. The van der Waals surface area contributed by atoms with Crippen LogP contribution in [0, 0.1) is 10.8 Å². The molecule has 0 aromatic carbocycles. The number of likely N-dealkylation sites (N-methyl/N-ethyl adjacent to an activating group) is 3. The van der Waals surface area contributed by atoms with Crippen molar-refractivity contribution in [3.05, 3.63) is 0 Å². The molecule has 2 atom stereocenters.